The molecule has 0 unspecified atom stereocenters. The molecule has 0 bridgehead atoms. The van der Waals surface area contributed by atoms with Crippen molar-refractivity contribution in [1.29, 1.82) is 0 Å². The second-order valence-corrected chi connectivity index (χ2v) is 3.70. The molecule has 3 nitrogen and oxygen atoms in total. The maximum atomic E-state index is 11.9. The second-order valence-electron chi connectivity index (χ2n) is 3.70. The van der Waals surface area contributed by atoms with Gasteiger partial charge < -0.3 is 5.32 Å². The zero-order chi connectivity index (χ0) is 12.1. The predicted octanol–water partition coefficient (Wildman–Crippen LogP) is 2.90. The fourth-order valence-corrected chi connectivity index (χ4v) is 1.65. The Bertz CT molecular complexity index is 509. The van der Waals surface area contributed by atoms with Gasteiger partial charge in [0.1, 0.15) is 0 Å². The third-order valence-electron chi connectivity index (χ3n) is 2.59. The average Bonchev–Trinajstić information content (AvgIpc) is 2.40. The van der Waals surface area contributed by atoms with Crippen molar-refractivity contribution in [1.82, 2.24) is 4.98 Å². The van der Waals surface area contributed by atoms with E-state index in [0.29, 0.717) is 5.56 Å². The molecule has 0 aliphatic heterocycles. The number of aryl methyl sites for hydroxylation is 1. The van der Waals surface area contributed by atoms with E-state index in [1.165, 1.54) is 0 Å². The molecule has 3 heteroatoms. The number of para-hydroxylation sites is 1. The molecule has 0 aliphatic carbocycles. The molecule has 1 aromatic heterocycles. The Balaban J connectivity index is 2.19. The van der Waals surface area contributed by atoms with Crippen molar-refractivity contribution in [3.8, 4) is 0 Å². The highest BCUT2D eigenvalue weighted by molar-refractivity contribution is 6.04. The summed E-state index contributed by atoms with van der Waals surface area (Å²) in [6.45, 7) is 2.07. The van der Waals surface area contributed by atoms with Crippen LogP contribution in [0.15, 0.2) is 48.8 Å². The molecule has 0 fully saturated rings. The Kier molecular flexibility index (Phi) is 3.50. The number of aromatic nitrogens is 1. The van der Waals surface area contributed by atoms with Crippen molar-refractivity contribution in [2.45, 2.75) is 13.3 Å². The van der Waals surface area contributed by atoms with Gasteiger partial charge in [0.25, 0.3) is 5.91 Å². The van der Waals surface area contributed by atoms with E-state index in [9.17, 15) is 4.79 Å². The van der Waals surface area contributed by atoms with Crippen LogP contribution < -0.4 is 5.32 Å². The molecular weight excluding hydrogens is 212 g/mol. The van der Waals surface area contributed by atoms with Crippen LogP contribution in [-0.2, 0) is 6.42 Å². The van der Waals surface area contributed by atoms with E-state index in [-0.39, 0.29) is 5.91 Å². The molecule has 86 valence electrons. The van der Waals surface area contributed by atoms with Gasteiger partial charge >= 0.3 is 0 Å². The van der Waals surface area contributed by atoms with Crippen LogP contribution in [-0.4, -0.2) is 10.9 Å². The molecule has 1 aromatic carbocycles. The first-order valence-electron chi connectivity index (χ1n) is 5.60. The minimum Gasteiger partial charge on any atom is -0.322 e. The van der Waals surface area contributed by atoms with Crippen molar-refractivity contribution >= 4 is 11.6 Å². The first kappa shape index (κ1) is 11.3. The number of pyridine rings is 1. The summed E-state index contributed by atoms with van der Waals surface area (Å²) >= 11 is 0. The predicted molar refractivity (Wildman–Crippen MR) is 68.0 cm³/mol. The summed E-state index contributed by atoms with van der Waals surface area (Å²) in [6, 6.07) is 11.2. The number of nitrogens with one attached hydrogen (secondary N) is 1. The van der Waals surface area contributed by atoms with Crippen molar-refractivity contribution in [3.63, 3.8) is 0 Å². The van der Waals surface area contributed by atoms with E-state index in [4.69, 9.17) is 0 Å². The van der Waals surface area contributed by atoms with Crippen LogP contribution in [0.25, 0.3) is 0 Å². The minimum atomic E-state index is -0.103. The van der Waals surface area contributed by atoms with Crippen LogP contribution in [0, 0.1) is 0 Å². The molecule has 1 N–H and O–H groups in total. The van der Waals surface area contributed by atoms with Gasteiger partial charge in [-0.3, -0.25) is 9.78 Å². The number of hydrogen-bond acceptors (Lipinski definition) is 2. The molecule has 1 heterocycles. The summed E-state index contributed by atoms with van der Waals surface area (Å²) < 4.78 is 0. The minimum absolute atomic E-state index is 0.103. The lowest BCUT2D eigenvalue weighted by Gasteiger charge is -2.09. The van der Waals surface area contributed by atoms with Gasteiger partial charge in [-0.25, -0.2) is 0 Å². The lowest BCUT2D eigenvalue weighted by Crippen LogP contribution is -2.13. The zero-order valence-electron chi connectivity index (χ0n) is 9.68. The summed E-state index contributed by atoms with van der Waals surface area (Å²) in [6.07, 6.45) is 4.12. The second kappa shape index (κ2) is 5.25. The van der Waals surface area contributed by atoms with Crippen LogP contribution in [0.2, 0.25) is 0 Å². The van der Waals surface area contributed by atoms with Crippen molar-refractivity contribution in [2.75, 3.05) is 5.32 Å². The maximum Gasteiger partial charge on any atom is 0.255 e. The molecule has 2 aromatic rings. The summed E-state index contributed by atoms with van der Waals surface area (Å²) in [5.41, 5.74) is 2.62. The number of amides is 1. The topological polar surface area (TPSA) is 42.0 Å². The summed E-state index contributed by atoms with van der Waals surface area (Å²) in [5.74, 6) is -0.103. The van der Waals surface area contributed by atoms with Crippen molar-refractivity contribution in [2.24, 2.45) is 0 Å². The van der Waals surface area contributed by atoms with E-state index in [2.05, 4.69) is 17.2 Å². The number of anilines is 1. The van der Waals surface area contributed by atoms with Gasteiger partial charge in [0, 0.05) is 23.6 Å². The third kappa shape index (κ3) is 2.69. The molecule has 0 saturated heterocycles. The van der Waals surface area contributed by atoms with Crippen LogP contribution in [0.1, 0.15) is 22.8 Å². The normalized spacial score (nSPS) is 9.94. The molecule has 0 radical (unpaired) electrons. The van der Waals surface area contributed by atoms with Crippen LogP contribution in [0.3, 0.4) is 0 Å². The van der Waals surface area contributed by atoms with Gasteiger partial charge in [0.2, 0.25) is 0 Å². The highest BCUT2D eigenvalue weighted by Crippen LogP contribution is 2.16. The number of carbonyl (C=O) groups excluding carboxylic acids is 1. The van der Waals surface area contributed by atoms with E-state index < -0.39 is 0 Å². The van der Waals surface area contributed by atoms with E-state index in [1.54, 1.807) is 24.5 Å². The van der Waals surface area contributed by atoms with E-state index in [1.807, 2.05) is 24.3 Å². The number of carbonyl (C=O) groups is 1. The first-order valence-corrected chi connectivity index (χ1v) is 5.60. The first-order chi connectivity index (χ1) is 8.31. The molecule has 0 atom stereocenters. The van der Waals surface area contributed by atoms with Crippen molar-refractivity contribution in [3.05, 3.63) is 59.9 Å². The zero-order valence-corrected chi connectivity index (χ0v) is 9.68. The fourth-order valence-electron chi connectivity index (χ4n) is 1.65. The summed E-state index contributed by atoms with van der Waals surface area (Å²) in [7, 11) is 0. The van der Waals surface area contributed by atoms with Gasteiger partial charge in [0.05, 0.1) is 0 Å². The number of hydrogen-bond donors (Lipinski definition) is 1. The highest BCUT2D eigenvalue weighted by Gasteiger charge is 2.07. The van der Waals surface area contributed by atoms with Gasteiger partial charge in [-0.1, -0.05) is 25.1 Å². The van der Waals surface area contributed by atoms with Gasteiger partial charge in [0.15, 0.2) is 0 Å². The smallest absolute Gasteiger partial charge is 0.255 e. The standard InChI is InChI=1S/C14H14N2O/c1-2-11-5-3-4-6-13(11)16-14(17)12-7-9-15-10-8-12/h3-10H,2H2,1H3,(H,16,17). The summed E-state index contributed by atoms with van der Waals surface area (Å²) in [5, 5.41) is 2.91. The number of benzene rings is 1. The molecule has 0 spiro atoms. The van der Waals surface area contributed by atoms with E-state index in [0.717, 1.165) is 17.7 Å². The van der Waals surface area contributed by atoms with Gasteiger partial charge in [-0.05, 0) is 30.2 Å². The highest BCUT2D eigenvalue weighted by atomic mass is 16.1. The van der Waals surface area contributed by atoms with Crippen molar-refractivity contribution < 1.29 is 4.79 Å². The maximum absolute atomic E-state index is 11.9. The molecule has 1 amide bonds. The Hall–Kier alpha value is -2.16. The quantitative estimate of drug-likeness (QED) is 0.874. The van der Waals surface area contributed by atoms with Gasteiger partial charge in [-0.2, -0.15) is 0 Å². The Morgan fingerprint density at radius 2 is 1.88 bits per heavy atom. The largest absolute Gasteiger partial charge is 0.322 e. The molecule has 0 aliphatic rings. The fraction of sp³-hybridized carbons (Fsp3) is 0.143. The average molecular weight is 226 g/mol. The number of rotatable bonds is 3. The molecule has 2 rings (SSSR count). The van der Waals surface area contributed by atoms with Gasteiger partial charge in [-0.15, -0.1) is 0 Å². The van der Waals surface area contributed by atoms with Crippen LogP contribution in [0.5, 0.6) is 0 Å². The Labute approximate surface area is 101 Å². The van der Waals surface area contributed by atoms with Crippen LogP contribution >= 0.6 is 0 Å². The Morgan fingerprint density at radius 3 is 2.59 bits per heavy atom. The molecular formula is C14H14N2O. The SMILES string of the molecule is CCc1ccccc1NC(=O)c1ccncc1. The molecule has 0 saturated carbocycles. The van der Waals surface area contributed by atoms with Crippen LogP contribution in [0.4, 0.5) is 5.69 Å². The third-order valence-corrected chi connectivity index (χ3v) is 2.59. The lowest BCUT2D eigenvalue weighted by atomic mass is 10.1. The monoisotopic (exact) mass is 226 g/mol. The molecule has 17 heavy (non-hydrogen) atoms. The lowest BCUT2D eigenvalue weighted by molar-refractivity contribution is 0.102. The number of nitrogens with zero attached hydrogens (tertiary/aromatic N) is 1. The van der Waals surface area contributed by atoms with E-state index >= 15 is 0 Å². The Morgan fingerprint density at radius 1 is 1.18 bits per heavy atom. The summed E-state index contributed by atoms with van der Waals surface area (Å²) in [4.78, 5) is 15.8.